The summed E-state index contributed by atoms with van der Waals surface area (Å²) in [5.41, 5.74) is 3.67. The summed E-state index contributed by atoms with van der Waals surface area (Å²) < 4.78 is 5.97. The molecular formula is C26H26N2O2. The Morgan fingerprint density at radius 2 is 1.90 bits per heavy atom. The molecule has 0 aromatic heterocycles. The van der Waals surface area contributed by atoms with Crippen LogP contribution in [0.3, 0.4) is 0 Å². The van der Waals surface area contributed by atoms with Gasteiger partial charge < -0.3 is 10.1 Å². The van der Waals surface area contributed by atoms with Crippen molar-refractivity contribution in [3.8, 4) is 11.8 Å². The maximum Gasteiger partial charge on any atom is 0.266 e. The molecule has 152 valence electrons. The van der Waals surface area contributed by atoms with E-state index >= 15 is 0 Å². The van der Waals surface area contributed by atoms with Gasteiger partial charge in [-0.1, -0.05) is 49.7 Å². The van der Waals surface area contributed by atoms with E-state index in [2.05, 4.69) is 12.2 Å². The van der Waals surface area contributed by atoms with Gasteiger partial charge in [-0.2, -0.15) is 5.26 Å². The Kier molecular flexibility index (Phi) is 6.87. The van der Waals surface area contributed by atoms with Crippen molar-refractivity contribution in [2.75, 3.05) is 11.9 Å². The monoisotopic (exact) mass is 398 g/mol. The number of nitriles is 1. The Balaban J connectivity index is 1.98. The third-order valence-corrected chi connectivity index (χ3v) is 5.10. The van der Waals surface area contributed by atoms with Crippen molar-refractivity contribution < 1.29 is 9.53 Å². The van der Waals surface area contributed by atoms with Crippen molar-refractivity contribution in [3.05, 3.63) is 76.9 Å². The smallest absolute Gasteiger partial charge is 0.266 e. The summed E-state index contributed by atoms with van der Waals surface area (Å²) in [4.78, 5) is 12.8. The molecule has 1 N–H and O–H groups in total. The van der Waals surface area contributed by atoms with Crippen molar-refractivity contribution in [2.45, 2.75) is 33.6 Å². The van der Waals surface area contributed by atoms with Crippen molar-refractivity contribution in [1.82, 2.24) is 0 Å². The second-order valence-electron chi connectivity index (χ2n) is 7.32. The summed E-state index contributed by atoms with van der Waals surface area (Å²) in [7, 11) is 0. The van der Waals surface area contributed by atoms with E-state index < -0.39 is 5.91 Å². The van der Waals surface area contributed by atoms with Crippen LogP contribution in [0.5, 0.6) is 5.75 Å². The molecule has 0 fully saturated rings. The number of aryl methyl sites for hydroxylation is 2. The number of hydrogen-bond acceptors (Lipinski definition) is 3. The molecule has 3 rings (SSSR count). The number of ether oxygens (including phenoxy) is 1. The summed E-state index contributed by atoms with van der Waals surface area (Å²) >= 11 is 0. The summed E-state index contributed by atoms with van der Waals surface area (Å²) in [6.45, 7) is 6.70. The lowest BCUT2D eigenvalue weighted by molar-refractivity contribution is -0.112. The number of rotatable bonds is 7. The van der Waals surface area contributed by atoms with Crippen LogP contribution in [0, 0.1) is 25.2 Å². The van der Waals surface area contributed by atoms with Gasteiger partial charge in [0.25, 0.3) is 5.91 Å². The van der Waals surface area contributed by atoms with Crippen LogP contribution in [-0.4, -0.2) is 12.5 Å². The van der Waals surface area contributed by atoms with E-state index in [1.54, 1.807) is 6.08 Å². The van der Waals surface area contributed by atoms with Gasteiger partial charge in [0.1, 0.15) is 17.4 Å². The van der Waals surface area contributed by atoms with Crippen LogP contribution >= 0.6 is 0 Å². The minimum atomic E-state index is -0.437. The predicted molar refractivity (Wildman–Crippen MR) is 122 cm³/mol. The molecule has 4 nitrogen and oxygen atoms in total. The summed E-state index contributed by atoms with van der Waals surface area (Å²) in [6, 6.07) is 19.5. The maximum absolute atomic E-state index is 12.8. The molecular weight excluding hydrogens is 372 g/mol. The number of hydrogen-bond donors (Lipinski definition) is 1. The molecule has 1 amide bonds. The first kappa shape index (κ1) is 21.1. The van der Waals surface area contributed by atoms with Crippen LogP contribution in [0.15, 0.2) is 60.2 Å². The van der Waals surface area contributed by atoms with Gasteiger partial charge in [-0.05, 0) is 66.4 Å². The zero-order valence-electron chi connectivity index (χ0n) is 17.7. The fourth-order valence-electron chi connectivity index (χ4n) is 3.19. The van der Waals surface area contributed by atoms with Crippen molar-refractivity contribution in [1.29, 1.82) is 5.26 Å². The van der Waals surface area contributed by atoms with Gasteiger partial charge >= 0.3 is 0 Å². The lowest BCUT2D eigenvalue weighted by atomic mass is 10.0. The van der Waals surface area contributed by atoms with Crippen molar-refractivity contribution in [2.24, 2.45) is 0 Å². The standard InChI is InChI=1S/C26H26N2O2/c1-4-5-14-30-25-13-11-20-8-6-7-9-23(20)24(25)16-21(17-27)26(29)28-22-12-10-18(2)19(3)15-22/h6-13,15-16H,4-5,14H2,1-3H3,(H,28,29)/b21-16-. The zero-order valence-corrected chi connectivity index (χ0v) is 17.7. The minimum absolute atomic E-state index is 0.0323. The Hall–Kier alpha value is -3.58. The Labute approximate surface area is 177 Å². The van der Waals surface area contributed by atoms with Gasteiger partial charge in [0.2, 0.25) is 0 Å². The van der Waals surface area contributed by atoms with Crippen LogP contribution in [0.4, 0.5) is 5.69 Å². The van der Waals surface area contributed by atoms with Crippen LogP contribution in [0.25, 0.3) is 16.8 Å². The van der Waals surface area contributed by atoms with Gasteiger partial charge in [-0.3, -0.25) is 4.79 Å². The third-order valence-electron chi connectivity index (χ3n) is 5.10. The third kappa shape index (κ3) is 4.87. The van der Waals surface area contributed by atoms with E-state index in [1.165, 1.54) is 0 Å². The van der Waals surface area contributed by atoms with Crippen LogP contribution in [0.2, 0.25) is 0 Å². The Morgan fingerprint density at radius 3 is 2.63 bits per heavy atom. The number of benzene rings is 3. The van der Waals surface area contributed by atoms with E-state index in [4.69, 9.17) is 4.74 Å². The molecule has 0 unspecified atom stereocenters. The predicted octanol–water partition coefficient (Wildman–Crippen LogP) is 6.18. The largest absolute Gasteiger partial charge is 0.493 e. The molecule has 0 aliphatic heterocycles. The molecule has 0 aliphatic rings. The lowest BCUT2D eigenvalue weighted by Crippen LogP contribution is -2.13. The highest BCUT2D eigenvalue weighted by Gasteiger charge is 2.14. The molecule has 0 spiro atoms. The second-order valence-corrected chi connectivity index (χ2v) is 7.32. The summed E-state index contributed by atoms with van der Waals surface area (Å²) in [5.74, 6) is 0.238. The number of nitrogens with zero attached hydrogens (tertiary/aromatic N) is 1. The van der Waals surface area contributed by atoms with Gasteiger partial charge in [0.05, 0.1) is 6.61 Å². The van der Waals surface area contributed by atoms with E-state index in [9.17, 15) is 10.1 Å². The van der Waals surface area contributed by atoms with Crippen molar-refractivity contribution >= 4 is 28.4 Å². The van der Waals surface area contributed by atoms with Gasteiger partial charge in [0.15, 0.2) is 0 Å². The van der Waals surface area contributed by atoms with Gasteiger partial charge in [-0.25, -0.2) is 0 Å². The molecule has 30 heavy (non-hydrogen) atoms. The normalized spacial score (nSPS) is 11.2. The molecule has 3 aromatic carbocycles. The van der Waals surface area contributed by atoms with E-state index in [0.29, 0.717) is 18.0 Å². The molecule has 0 heterocycles. The first-order valence-electron chi connectivity index (χ1n) is 10.2. The topological polar surface area (TPSA) is 62.1 Å². The van der Waals surface area contributed by atoms with E-state index in [1.807, 2.05) is 74.5 Å². The lowest BCUT2D eigenvalue weighted by Gasteiger charge is -2.13. The van der Waals surface area contributed by atoms with Crippen LogP contribution in [-0.2, 0) is 4.79 Å². The number of nitrogens with one attached hydrogen (secondary N) is 1. The molecule has 0 radical (unpaired) electrons. The zero-order chi connectivity index (χ0) is 21.5. The maximum atomic E-state index is 12.8. The molecule has 0 atom stereocenters. The quantitative estimate of drug-likeness (QED) is 0.294. The first-order valence-corrected chi connectivity index (χ1v) is 10.2. The van der Waals surface area contributed by atoms with E-state index in [0.717, 1.165) is 40.3 Å². The molecule has 3 aromatic rings. The number of fused-ring (bicyclic) bond motifs is 1. The molecule has 0 aliphatic carbocycles. The summed E-state index contributed by atoms with van der Waals surface area (Å²) in [5, 5.41) is 14.5. The number of anilines is 1. The molecule has 0 bridgehead atoms. The number of unbranched alkanes of at least 4 members (excludes halogenated alkanes) is 1. The SMILES string of the molecule is CCCCOc1ccc2ccccc2c1/C=C(/C#N)C(=O)Nc1ccc(C)c(C)c1. The van der Waals surface area contributed by atoms with Gasteiger partial charge in [-0.15, -0.1) is 0 Å². The first-order chi connectivity index (χ1) is 14.5. The molecule has 0 saturated carbocycles. The van der Waals surface area contributed by atoms with Crippen LogP contribution < -0.4 is 10.1 Å². The fourth-order valence-corrected chi connectivity index (χ4v) is 3.19. The molecule has 0 saturated heterocycles. The fraction of sp³-hybridized carbons (Fsp3) is 0.231. The summed E-state index contributed by atoms with van der Waals surface area (Å²) in [6.07, 6.45) is 3.59. The number of amides is 1. The van der Waals surface area contributed by atoms with Gasteiger partial charge in [0, 0.05) is 11.3 Å². The van der Waals surface area contributed by atoms with Crippen molar-refractivity contribution in [3.63, 3.8) is 0 Å². The Bertz CT molecular complexity index is 1140. The number of carbonyl (C=O) groups is 1. The number of carbonyl (C=O) groups excluding carboxylic acids is 1. The average molecular weight is 399 g/mol. The molecule has 4 heteroatoms. The average Bonchev–Trinajstić information content (AvgIpc) is 2.75. The van der Waals surface area contributed by atoms with Crippen LogP contribution in [0.1, 0.15) is 36.5 Å². The Morgan fingerprint density at radius 1 is 1.10 bits per heavy atom. The van der Waals surface area contributed by atoms with E-state index in [-0.39, 0.29) is 5.57 Å². The minimum Gasteiger partial charge on any atom is -0.493 e. The highest BCUT2D eigenvalue weighted by molar-refractivity contribution is 6.11. The second kappa shape index (κ2) is 9.76. The highest BCUT2D eigenvalue weighted by atomic mass is 16.5. The highest BCUT2D eigenvalue weighted by Crippen LogP contribution is 2.30.